The fourth-order valence-electron chi connectivity index (χ4n) is 3.08. The molecule has 1 aliphatic rings. The predicted molar refractivity (Wildman–Crippen MR) is 97.2 cm³/mol. The first-order chi connectivity index (χ1) is 12.3. The number of hydrogen-bond donors (Lipinski definition) is 1. The summed E-state index contributed by atoms with van der Waals surface area (Å²) in [6.07, 6.45) is -0.336. The Balaban J connectivity index is 1.84. The SMILES string of the molecule is N#Cc1ccc(C2Nc3ccccc3C(=O)N2c2ccccc2)cc1. The molecule has 1 amide bonds. The lowest BCUT2D eigenvalue weighted by Crippen LogP contribution is -2.43. The molecule has 1 heterocycles. The number of nitriles is 1. The highest BCUT2D eigenvalue weighted by Gasteiger charge is 2.33. The smallest absolute Gasteiger partial charge is 0.262 e. The van der Waals surface area contributed by atoms with Crippen molar-refractivity contribution in [2.45, 2.75) is 6.17 Å². The van der Waals surface area contributed by atoms with Crippen LogP contribution in [0.5, 0.6) is 0 Å². The van der Waals surface area contributed by atoms with Gasteiger partial charge in [0, 0.05) is 11.4 Å². The Morgan fingerprint density at radius 3 is 2.28 bits per heavy atom. The Morgan fingerprint density at radius 2 is 1.56 bits per heavy atom. The molecule has 25 heavy (non-hydrogen) atoms. The lowest BCUT2D eigenvalue weighted by molar-refractivity contribution is 0.0975. The molecule has 0 spiro atoms. The number of hydrogen-bond acceptors (Lipinski definition) is 3. The molecule has 120 valence electrons. The molecule has 1 N–H and O–H groups in total. The van der Waals surface area contributed by atoms with Crippen LogP contribution in [0.15, 0.2) is 78.9 Å². The minimum atomic E-state index is -0.336. The Bertz CT molecular complexity index is 958. The van der Waals surface area contributed by atoms with Crippen LogP contribution in [0.2, 0.25) is 0 Å². The van der Waals surface area contributed by atoms with E-state index in [9.17, 15) is 4.79 Å². The van der Waals surface area contributed by atoms with E-state index in [-0.39, 0.29) is 12.1 Å². The number of nitrogens with zero attached hydrogens (tertiary/aromatic N) is 2. The first kappa shape index (κ1) is 15.0. The van der Waals surface area contributed by atoms with Gasteiger partial charge in [-0.05, 0) is 42.0 Å². The van der Waals surface area contributed by atoms with Crippen LogP contribution in [-0.4, -0.2) is 5.91 Å². The van der Waals surface area contributed by atoms with E-state index in [0.29, 0.717) is 11.1 Å². The molecule has 1 atom stereocenters. The van der Waals surface area contributed by atoms with Crippen LogP contribution in [0.1, 0.15) is 27.7 Å². The zero-order valence-corrected chi connectivity index (χ0v) is 13.4. The average molecular weight is 325 g/mol. The molecule has 1 aliphatic heterocycles. The standard InChI is InChI=1S/C21H15N3O/c22-14-15-10-12-16(13-11-15)20-23-19-9-5-4-8-18(19)21(25)24(20)17-6-2-1-3-7-17/h1-13,20,23H. The number of nitrogens with one attached hydrogen (secondary N) is 1. The second-order valence-electron chi connectivity index (χ2n) is 5.84. The van der Waals surface area contributed by atoms with Gasteiger partial charge >= 0.3 is 0 Å². The summed E-state index contributed by atoms with van der Waals surface area (Å²) in [6.45, 7) is 0. The molecule has 3 aromatic carbocycles. The Hall–Kier alpha value is -3.58. The third kappa shape index (κ3) is 2.62. The number of rotatable bonds is 2. The number of anilines is 2. The molecule has 4 heteroatoms. The molecule has 0 aliphatic carbocycles. The van der Waals surface area contributed by atoms with Crippen LogP contribution in [0.3, 0.4) is 0 Å². The van der Waals surface area contributed by atoms with Crippen molar-refractivity contribution >= 4 is 17.3 Å². The highest BCUT2D eigenvalue weighted by molar-refractivity contribution is 6.12. The number of benzene rings is 3. The maximum Gasteiger partial charge on any atom is 0.262 e. The molecule has 1 unspecified atom stereocenters. The molecular weight excluding hydrogens is 310 g/mol. The van der Waals surface area contributed by atoms with Gasteiger partial charge in [0.2, 0.25) is 0 Å². The van der Waals surface area contributed by atoms with E-state index in [2.05, 4.69) is 11.4 Å². The fraction of sp³-hybridized carbons (Fsp3) is 0.0476. The topological polar surface area (TPSA) is 56.1 Å². The van der Waals surface area contributed by atoms with Crippen molar-refractivity contribution in [3.05, 3.63) is 95.6 Å². The molecule has 0 bridgehead atoms. The molecule has 0 aromatic heterocycles. The summed E-state index contributed by atoms with van der Waals surface area (Å²) in [6, 6.07) is 26.5. The van der Waals surface area contributed by atoms with Gasteiger partial charge in [0.05, 0.1) is 17.2 Å². The molecule has 0 fully saturated rings. The van der Waals surface area contributed by atoms with Gasteiger partial charge in [0.1, 0.15) is 6.17 Å². The van der Waals surface area contributed by atoms with Crippen LogP contribution in [0, 0.1) is 11.3 Å². The van der Waals surface area contributed by atoms with Crippen LogP contribution in [0.25, 0.3) is 0 Å². The Kier molecular flexibility index (Phi) is 3.68. The Morgan fingerprint density at radius 1 is 0.880 bits per heavy atom. The van der Waals surface area contributed by atoms with Crippen molar-refractivity contribution < 1.29 is 4.79 Å². The van der Waals surface area contributed by atoms with E-state index in [0.717, 1.165) is 16.9 Å². The normalized spacial score (nSPS) is 15.9. The number of fused-ring (bicyclic) bond motifs is 1. The van der Waals surface area contributed by atoms with Crippen molar-refractivity contribution in [1.82, 2.24) is 0 Å². The second kappa shape index (κ2) is 6.14. The summed E-state index contributed by atoms with van der Waals surface area (Å²) in [7, 11) is 0. The molecular formula is C21H15N3O. The first-order valence-corrected chi connectivity index (χ1v) is 8.02. The minimum Gasteiger partial charge on any atom is -0.360 e. The third-order valence-corrected chi connectivity index (χ3v) is 4.32. The van der Waals surface area contributed by atoms with E-state index in [1.54, 1.807) is 17.0 Å². The summed E-state index contributed by atoms with van der Waals surface area (Å²) in [5, 5.41) is 12.5. The predicted octanol–water partition coefficient (Wildman–Crippen LogP) is 4.33. The maximum atomic E-state index is 13.2. The zero-order chi connectivity index (χ0) is 17.2. The average Bonchev–Trinajstić information content (AvgIpc) is 2.69. The summed E-state index contributed by atoms with van der Waals surface area (Å²) < 4.78 is 0. The van der Waals surface area contributed by atoms with Crippen molar-refractivity contribution in [2.75, 3.05) is 10.2 Å². The summed E-state index contributed by atoms with van der Waals surface area (Å²) in [5.41, 5.74) is 3.80. The van der Waals surface area contributed by atoms with Crippen LogP contribution < -0.4 is 10.2 Å². The molecule has 3 aromatic rings. The van der Waals surface area contributed by atoms with E-state index in [1.165, 1.54) is 0 Å². The van der Waals surface area contributed by atoms with Gasteiger partial charge in [-0.1, -0.05) is 42.5 Å². The van der Waals surface area contributed by atoms with Crippen LogP contribution >= 0.6 is 0 Å². The van der Waals surface area contributed by atoms with Crippen LogP contribution in [0.4, 0.5) is 11.4 Å². The van der Waals surface area contributed by atoms with Crippen molar-refractivity contribution in [2.24, 2.45) is 0 Å². The van der Waals surface area contributed by atoms with Crippen LogP contribution in [-0.2, 0) is 0 Å². The van der Waals surface area contributed by atoms with E-state index in [4.69, 9.17) is 5.26 Å². The highest BCUT2D eigenvalue weighted by atomic mass is 16.2. The first-order valence-electron chi connectivity index (χ1n) is 8.02. The zero-order valence-electron chi connectivity index (χ0n) is 13.4. The van der Waals surface area contributed by atoms with Crippen molar-refractivity contribution in [1.29, 1.82) is 5.26 Å². The molecule has 0 radical (unpaired) electrons. The van der Waals surface area contributed by atoms with Gasteiger partial charge in [-0.3, -0.25) is 9.69 Å². The molecule has 0 saturated heterocycles. The second-order valence-corrected chi connectivity index (χ2v) is 5.84. The maximum absolute atomic E-state index is 13.2. The van der Waals surface area contributed by atoms with Gasteiger partial charge in [-0.15, -0.1) is 0 Å². The monoisotopic (exact) mass is 325 g/mol. The van der Waals surface area contributed by atoms with Crippen molar-refractivity contribution in [3.63, 3.8) is 0 Å². The quantitative estimate of drug-likeness (QED) is 0.763. The number of carbonyl (C=O) groups excluding carboxylic acids is 1. The lowest BCUT2D eigenvalue weighted by atomic mass is 10.0. The summed E-state index contributed by atoms with van der Waals surface area (Å²) in [5.74, 6) is -0.0464. The molecule has 4 rings (SSSR count). The van der Waals surface area contributed by atoms with Gasteiger partial charge < -0.3 is 5.32 Å². The van der Waals surface area contributed by atoms with E-state index in [1.807, 2.05) is 66.7 Å². The molecule has 4 nitrogen and oxygen atoms in total. The largest absolute Gasteiger partial charge is 0.360 e. The van der Waals surface area contributed by atoms with Gasteiger partial charge in [-0.2, -0.15) is 5.26 Å². The number of para-hydroxylation sites is 2. The summed E-state index contributed by atoms with van der Waals surface area (Å²) >= 11 is 0. The summed E-state index contributed by atoms with van der Waals surface area (Å²) in [4.78, 5) is 14.9. The molecule has 0 saturated carbocycles. The van der Waals surface area contributed by atoms with E-state index < -0.39 is 0 Å². The van der Waals surface area contributed by atoms with Gasteiger partial charge in [-0.25, -0.2) is 0 Å². The van der Waals surface area contributed by atoms with Gasteiger partial charge in [0.25, 0.3) is 5.91 Å². The lowest BCUT2D eigenvalue weighted by Gasteiger charge is -2.38. The minimum absolute atomic E-state index is 0.0464. The number of carbonyl (C=O) groups is 1. The Labute approximate surface area is 145 Å². The number of amides is 1. The highest BCUT2D eigenvalue weighted by Crippen LogP contribution is 2.36. The van der Waals surface area contributed by atoms with Crippen molar-refractivity contribution in [3.8, 4) is 6.07 Å². The van der Waals surface area contributed by atoms with Gasteiger partial charge in [0.15, 0.2) is 0 Å². The fourth-order valence-corrected chi connectivity index (χ4v) is 3.08. The third-order valence-electron chi connectivity index (χ3n) is 4.32. The van der Waals surface area contributed by atoms with E-state index >= 15 is 0 Å².